The minimum atomic E-state index is -0.618. The van der Waals surface area contributed by atoms with Crippen LogP contribution in [0.1, 0.15) is 25.7 Å². The smallest absolute Gasteiger partial charge is 0.288 e. The predicted octanol–water partition coefficient (Wildman–Crippen LogP) is -0.221. The highest BCUT2D eigenvalue weighted by Gasteiger charge is 2.25. The first-order valence-electron chi connectivity index (χ1n) is 4.92. The molecule has 0 aromatic carbocycles. The van der Waals surface area contributed by atoms with E-state index in [-0.39, 0.29) is 0 Å². The van der Waals surface area contributed by atoms with Crippen molar-refractivity contribution in [3.8, 4) is 0 Å². The summed E-state index contributed by atoms with van der Waals surface area (Å²) in [6, 6.07) is 0. The molecule has 5 nitrogen and oxygen atoms in total. The number of carbonyl (C=O) groups excluding carboxylic acids is 2. The number of rotatable bonds is 3. The number of hydrogen-bond donors (Lipinski definition) is 2. The highest BCUT2D eigenvalue weighted by Crippen LogP contribution is 2.28. The first kappa shape index (κ1) is 9.18. The van der Waals surface area contributed by atoms with Crippen LogP contribution in [0.5, 0.6) is 0 Å². The molecule has 2 rings (SSSR count). The maximum absolute atomic E-state index is 10.7. The standard InChI is InChI=1S/C9H13N3O2/c13-7-8(14)12-9(11-7)10-5-4-6-2-1-3-6/h6H,1-5H2,(H2,10,11,12,13,14). The van der Waals surface area contributed by atoms with Gasteiger partial charge >= 0.3 is 11.8 Å². The predicted molar refractivity (Wildman–Crippen MR) is 50.5 cm³/mol. The van der Waals surface area contributed by atoms with Gasteiger partial charge in [0.25, 0.3) is 0 Å². The van der Waals surface area contributed by atoms with Crippen molar-refractivity contribution in [3.05, 3.63) is 0 Å². The molecule has 1 saturated carbocycles. The van der Waals surface area contributed by atoms with Gasteiger partial charge in [-0.3, -0.25) is 25.2 Å². The second-order valence-electron chi connectivity index (χ2n) is 3.72. The van der Waals surface area contributed by atoms with Gasteiger partial charge in [-0.05, 0) is 12.3 Å². The number of nitrogens with zero attached hydrogens (tertiary/aromatic N) is 1. The average Bonchev–Trinajstić information content (AvgIpc) is 2.37. The molecule has 76 valence electrons. The SMILES string of the molecule is O=C1NC(=NCCC2CCC2)NC1=O. The third kappa shape index (κ3) is 1.92. The molecule has 0 unspecified atom stereocenters. The number of nitrogens with one attached hydrogen (secondary N) is 2. The minimum Gasteiger partial charge on any atom is -0.288 e. The Morgan fingerprint density at radius 3 is 2.36 bits per heavy atom. The molecule has 0 aromatic rings. The molecule has 2 N–H and O–H groups in total. The van der Waals surface area contributed by atoms with Gasteiger partial charge < -0.3 is 0 Å². The number of amides is 2. The molecule has 1 heterocycles. The summed E-state index contributed by atoms with van der Waals surface area (Å²) in [4.78, 5) is 25.6. The highest BCUT2D eigenvalue weighted by molar-refractivity contribution is 6.45. The number of carbonyl (C=O) groups is 2. The van der Waals surface area contributed by atoms with Crippen LogP contribution in [-0.4, -0.2) is 24.3 Å². The Morgan fingerprint density at radius 2 is 1.86 bits per heavy atom. The third-order valence-corrected chi connectivity index (χ3v) is 2.70. The van der Waals surface area contributed by atoms with E-state index in [1.165, 1.54) is 19.3 Å². The van der Waals surface area contributed by atoms with Gasteiger partial charge in [-0.25, -0.2) is 0 Å². The van der Waals surface area contributed by atoms with Gasteiger partial charge in [0.2, 0.25) is 5.96 Å². The van der Waals surface area contributed by atoms with Gasteiger partial charge in [-0.1, -0.05) is 19.3 Å². The van der Waals surface area contributed by atoms with Gasteiger partial charge in [0.05, 0.1) is 0 Å². The van der Waals surface area contributed by atoms with Crippen molar-refractivity contribution in [3.63, 3.8) is 0 Å². The first-order chi connectivity index (χ1) is 6.75. The van der Waals surface area contributed by atoms with E-state index in [0.29, 0.717) is 12.5 Å². The fourth-order valence-corrected chi connectivity index (χ4v) is 1.58. The molecular formula is C9H13N3O2. The molecule has 2 aliphatic rings. The van der Waals surface area contributed by atoms with Crippen LogP contribution in [0.25, 0.3) is 0 Å². The number of aliphatic imine (C=N–C) groups is 1. The van der Waals surface area contributed by atoms with Crippen LogP contribution in [0.4, 0.5) is 0 Å². The van der Waals surface area contributed by atoms with Crippen LogP contribution in [0, 0.1) is 5.92 Å². The lowest BCUT2D eigenvalue weighted by atomic mass is 9.83. The van der Waals surface area contributed by atoms with Crippen LogP contribution < -0.4 is 10.6 Å². The maximum atomic E-state index is 10.7. The lowest BCUT2D eigenvalue weighted by Crippen LogP contribution is -2.26. The summed E-state index contributed by atoms with van der Waals surface area (Å²) in [6.45, 7) is 0.681. The Morgan fingerprint density at radius 1 is 1.21 bits per heavy atom. The van der Waals surface area contributed by atoms with E-state index in [1.54, 1.807) is 0 Å². The summed E-state index contributed by atoms with van der Waals surface area (Å²) in [6.07, 6.45) is 4.97. The summed E-state index contributed by atoms with van der Waals surface area (Å²) in [7, 11) is 0. The van der Waals surface area contributed by atoms with Crippen molar-refractivity contribution in [2.75, 3.05) is 6.54 Å². The molecule has 1 aliphatic heterocycles. The number of guanidine groups is 1. The quantitative estimate of drug-likeness (QED) is 0.611. The van der Waals surface area contributed by atoms with Crippen LogP contribution in [0.2, 0.25) is 0 Å². The molecule has 5 heteroatoms. The van der Waals surface area contributed by atoms with E-state index >= 15 is 0 Å². The monoisotopic (exact) mass is 195 g/mol. The highest BCUT2D eigenvalue weighted by atomic mass is 16.2. The average molecular weight is 195 g/mol. The van der Waals surface area contributed by atoms with Gasteiger partial charge in [0.1, 0.15) is 0 Å². The third-order valence-electron chi connectivity index (χ3n) is 2.70. The maximum Gasteiger partial charge on any atom is 0.316 e. The Bertz CT molecular complexity index is 276. The molecule has 14 heavy (non-hydrogen) atoms. The first-order valence-corrected chi connectivity index (χ1v) is 4.92. The van der Waals surface area contributed by atoms with E-state index < -0.39 is 11.8 Å². The second kappa shape index (κ2) is 3.77. The summed E-state index contributed by atoms with van der Waals surface area (Å²) in [5.74, 6) is -0.133. The summed E-state index contributed by atoms with van der Waals surface area (Å²) in [5.41, 5.74) is 0. The van der Waals surface area contributed by atoms with Gasteiger partial charge in [-0.15, -0.1) is 0 Å². The van der Waals surface area contributed by atoms with Crippen LogP contribution in [0.15, 0.2) is 4.99 Å². The fourth-order valence-electron chi connectivity index (χ4n) is 1.58. The summed E-state index contributed by atoms with van der Waals surface area (Å²) >= 11 is 0. The van der Waals surface area contributed by atoms with Crippen molar-refractivity contribution in [1.82, 2.24) is 10.6 Å². The van der Waals surface area contributed by atoms with Gasteiger partial charge in [0.15, 0.2) is 0 Å². The van der Waals surface area contributed by atoms with Crippen LogP contribution >= 0.6 is 0 Å². The molecule has 1 aliphatic carbocycles. The zero-order valence-corrected chi connectivity index (χ0v) is 7.88. The summed E-state index contributed by atoms with van der Waals surface area (Å²) in [5, 5.41) is 4.73. The van der Waals surface area contributed by atoms with Gasteiger partial charge in [-0.2, -0.15) is 0 Å². The lowest BCUT2D eigenvalue weighted by molar-refractivity contribution is -0.135. The molecule has 0 atom stereocenters. The van der Waals surface area contributed by atoms with Gasteiger partial charge in [0, 0.05) is 6.54 Å². The molecule has 0 aromatic heterocycles. The molecule has 2 amide bonds. The molecule has 0 bridgehead atoms. The topological polar surface area (TPSA) is 70.6 Å². The molecule has 1 saturated heterocycles. The van der Waals surface area contributed by atoms with Crippen molar-refractivity contribution in [1.29, 1.82) is 0 Å². The number of hydrogen-bond acceptors (Lipinski definition) is 3. The Kier molecular flexibility index (Phi) is 2.47. The Hall–Kier alpha value is -1.39. The van der Waals surface area contributed by atoms with E-state index in [9.17, 15) is 9.59 Å². The second-order valence-corrected chi connectivity index (χ2v) is 3.72. The van der Waals surface area contributed by atoms with Crippen molar-refractivity contribution < 1.29 is 9.59 Å². The van der Waals surface area contributed by atoms with E-state index in [2.05, 4.69) is 15.6 Å². The van der Waals surface area contributed by atoms with E-state index in [4.69, 9.17) is 0 Å². The Labute approximate surface area is 82.0 Å². The minimum absolute atomic E-state index is 0.305. The van der Waals surface area contributed by atoms with E-state index in [0.717, 1.165) is 12.3 Å². The van der Waals surface area contributed by atoms with E-state index in [1.807, 2.05) is 0 Å². The van der Waals surface area contributed by atoms with Crippen LogP contribution in [0.3, 0.4) is 0 Å². The zero-order chi connectivity index (χ0) is 9.97. The largest absolute Gasteiger partial charge is 0.316 e. The lowest BCUT2D eigenvalue weighted by Gasteiger charge is -2.24. The zero-order valence-electron chi connectivity index (χ0n) is 7.88. The van der Waals surface area contributed by atoms with Crippen LogP contribution in [-0.2, 0) is 9.59 Å². The summed E-state index contributed by atoms with van der Waals surface area (Å²) < 4.78 is 0. The molecule has 0 radical (unpaired) electrons. The Balaban J connectivity index is 1.75. The van der Waals surface area contributed by atoms with Crippen molar-refractivity contribution in [2.24, 2.45) is 10.9 Å². The van der Waals surface area contributed by atoms with Crippen molar-refractivity contribution in [2.45, 2.75) is 25.7 Å². The molecule has 0 spiro atoms. The molecular weight excluding hydrogens is 182 g/mol. The fraction of sp³-hybridized carbons (Fsp3) is 0.667. The normalized spacial score (nSPS) is 21.6. The van der Waals surface area contributed by atoms with Crippen molar-refractivity contribution >= 4 is 17.8 Å². The molecule has 2 fully saturated rings.